The molecule has 0 saturated carbocycles. The Morgan fingerprint density at radius 3 is 2.17 bits per heavy atom. The van der Waals surface area contributed by atoms with Crippen LogP contribution in [0, 0.1) is 24.9 Å². The van der Waals surface area contributed by atoms with Crippen molar-refractivity contribution < 1.29 is 38.8 Å². The van der Waals surface area contributed by atoms with Crippen molar-refractivity contribution in [3.8, 4) is 39.5 Å². The Morgan fingerprint density at radius 2 is 1.50 bits per heavy atom. The molecule has 1 radical (unpaired) electrons. The second-order valence-corrected chi connectivity index (χ2v) is 18.2. The molecule has 0 aliphatic rings. The van der Waals surface area contributed by atoms with Crippen LogP contribution in [-0.2, 0) is 25.5 Å². The number of benzene rings is 6. The number of rotatable bonds is 7. The summed E-state index contributed by atoms with van der Waals surface area (Å²) in [5, 5.41) is 13.1. The molecule has 6 aromatic carbocycles. The van der Waals surface area contributed by atoms with E-state index in [0.717, 1.165) is 78.1 Å². The molecule has 4 heterocycles. The zero-order chi connectivity index (χ0) is 45.7. The molecule has 1 N–H and O–H groups in total. The smallest absolute Gasteiger partial charge is 0.292 e. The van der Waals surface area contributed by atoms with Crippen molar-refractivity contribution in [3.05, 3.63) is 179 Å². The van der Waals surface area contributed by atoms with E-state index in [2.05, 4.69) is 162 Å². The summed E-state index contributed by atoms with van der Waals surface area (Å²) in [5.41, 5.74) is 12.9. The Labute approximate surface area is 397 Å². The normalized spacial score (nSPS) is 11.7. The van der Waals surface area contributed by atoms with Gasteiger partial charge in [-0.15, -0.1) is 30.3 Å². The summed E-state index contributed by atoms with van der Waals surface area (Å²) in [6.07, 6.45) is 3.67. The molecule has 0 aliphatic heterocycles. The monoisotopic (exact) mass is 1050 g/mol. The molecule has 0 spiro atoms. The van der Waals surface area contributed by atoms with Crippen molar-refractivity contribution >= 4 is 49.8 Å². The van der Waals surface area contributed by atoms with Crippen LogP contribution < -0.4 is 0 Å². The van der Waals surface area contributed by atoms with E-state index in [0.29, 0.717) is 17.5 Å². The molecule has 9 heteroatoms. The molecule has 10 aromatic rings. The molecule has 0 unspecified atom stereocenters. The van der Waals surface area contributed by atoms with E-state index in [1.54, 1.807) is 12.3 Å². The van der Waals surface area contributed by atoms with Gasteiger partial charge in [-0.1, -0.05) is 162 Å². The Hall–Kier alpha value is -6.80. The standard InChI is InChI=1S/C41H34N3O.C16H15FNO2.Ir/c1-24(2)29-16-10-17-30(25(3)4)38(29)44-40(43-37-32-15-9-7-13-28(32)23-42-41(37)44)35-19-11-18-34-33-21-20-27(22-36(33)45-39(34)35)31-14-8-6-12-26(31)5;1-16(2,3)11-5-7-14(18-9-11)12-6-4-10(15(19)20)8-13(12)17;/h6-18,20-25H,1-5H3;4-5,7-9H,1-3H3,(H,19,20);/q2*-1;. The molecule has 333 valence electrons. The number of aromatic nitrogens is 4. The minimum Gasteiger partial charge on any atom is -0.501 e. The number of hydrogen-bond acceptors (Lipinski definition) is 5. The number of para-hydroxylation sites is 1. The first-order chi connectivity index (χ1) is 31.2. The topological polar surface area (TPSA) is 94.0 Å². The molecule has 0 aliphatic carbocycles. The number of fused-ring (bicyclic) bond motifs is 6. The summed E-state index contributed by atoms with van der Waals surface area (Å²) >= 11 is 0. The molecule has 0 fully saturated rings. The average molecular weight is 1050 g/mol. The van der Waals surface area contributed by atoms with E-state index < -0.39 is 11.8 Å². The molecular formula is C57H49FIrN4O3-2. The van der Waals surface area contributed by atoms with Gasteiger partial charge in [-0.05, 0) is 74.9 Å². The quantitative estimate of drug-likeness (QED) is 0.160. The minimum atomic E-state index is -1.18. The second-order valence-electron chi connectivity index (χ2n) is 18.2. The number of carbonyl (C=O) groups is 1. The van der Waals surface area contributed by atoms with Gasteiger partial charge in [-0.2, -0.15) is 0 Å². The number of carboxylic acid groups (broad SMARTS) is 1. The van der Waals surface area contributed by atoms with E-state index in [9.17, 15) is 9.18 Å². The van der Waals surface area contributed by atoms with Crippen LogP contribution in [0.25, 0.3) is 83.3 Å². The number of hydrogen-bond donors (Lipinski definition) is 1. The van der Waals surface area contributed by atoms with E-state index in [1.807, 2.05) is 24.4 Å². The Bertz CT molecular complexity index is 3410. The SMILES string of the molecule is CC(C)(C)c1ccc(-c2[c-]cc(C(=O)O)cc2F)nc1.Cc1ccccc1-c1ccc2c(c1)oc1c(-c3nc4c5ccccc5cnc4n3-c3c(C(C)C)cccc3C(C)C)[c-]ccc12.[Ir]. The first-order valence-corrected chi connectivity index (χ1v) is 21.9. The number of aromatic carboxylic acids is 1. The fourth-order valence-corrected chi connectivity index (χ4v) is 8.56. The van der Waals surface area contributed by atoms with Gasteiger partial charge < -0.3 is 19.1 Å². The van der Waals surface area contributed by atoms with E-state index >= 15 is 0 Å². The maximum absolute atomic E-state index is 13.9. The third-order valence-electron chi connectivity index (χ3n) is 12.1. The second kappa shape index (κ2) is 18.2. The molecule has 10 rings (SSSR count). The summed E-state index contributed by atoms with van der Waals surface area (Å²) in [6, 6.07) is 46.1. The molecule has 4 aromatic heterocycles. The Morgan fingerprint density at radius 1 is 0.773 bits per heavy atom. The van der Waals surface area contributed by atoms with Gasteiger partial charge >= 0.3 is 0 Å². The predicted molar refractivity (Wildman–Crippen MR) is 260 cm³/mol. The molecule has 66 heavy (non-hydrogen) atoms. The van der Waals surface area contributed by atoms with Crippen LogP contribution in [0.15, 0.2) is 138 Å². The van der Waals surface area contributed by atoms with Crippen molar-refractivity contribution in [2.45, 2.75) is 72.6 Å². The predicted octanol–water partition coefficient (Wildman–Crippen LogP) is 14.8. The summed E-state index contributed by atoms with van der Waals surface area (Å²) < 4.78 is 22.9. The van der Waals surface area contributed by atoms with E-state index in [1.165, 1.54) is 28.3 Å². The fraction of sp³-hybridized carbons (Fsp3) is 0.193. The van der Waals surface area contributed by atoms with Crippen molar-refractivity contribution in [1.82, 2.24) is 19.5 Å². The Balaban J connectivity index is 0.000000238. The minimum absolute atomic E-state index is 0. The van der Waals surface area contributed by atoms with Crippen molar-refractivity contribution in [2.24, 2.45) is 0 Å². The number of imidazole rings is 1. The zero-order valence-electron chi connectivity index (χ0n) is 38.1. The molecule has 0 saturated heterocycles. The summed E-state index contributed by atoms with van der Waals surface area (Å²) in [4.78, 5) is 25.4. The maximum atomic E-state index is 13.9. The van der Waals surface area contributed by atoms with Crippen LogP contribution in [0.3, 0.4) is 0 Å². The molecule has 0 bridgehead atoms. The van der Waals surface area contributed by atoms with Gasteiger partial charge in [0.15, 0.2) is 5.65 Å². The van der Waals surface area contributed by atoms with Gasteiger partial charge in [0.25, 0.3) is 5.97 Å². The summed E-state index contributed by atoms with van der Waals surface area (Å²) in [6.45, 7) is 17.4. The third kappa shape index (κ3) is 8.45. The summed E-state index contributed by atoms with van der Waals surface area (Å²) in [7, 11) is 0. The molecule has 0 amide bonds. The number of halogens is 1. The summed E-state index contributed by atoms with van der Waals surface area (Å²) in [5.74, 6) is -0.429. The van der Waals surface area contributed by atoms with Gasteiger partial charge in [-0.25, -0.2) is 4.98 Å². The zero-order valence-corrected chi connectivity index (χ0v) is 40.5. The Kier molecular flexibility index (Phi) is 12.6. The van der Waals surface area contributed by atoms with Crippen molar-refractivity contribution in [1.29, 1.82) is 0 Å². The van der Waals surface area contributed by atoms with Gasteiger partial charge in [0.1, 0.15) is 11.1 Å². The van der Waals surface area contributed by atoms with Gasteiger partial charge in [-0.3, -0.25) is 14.2 Å². The van der Waals surface area contributed by atoms with E-state index in [-0.39, 0.29) is 36.6 Å². The number of furan rings is 1. The van der Waals surface area contributed by atoms with Gasteiger partial charge in [0, 0.05) is 60.2 Å². The molecule has 7 nitrogen and oxygen atoms in total. The van der Waals surface area contributed by atoms with Crippen LogP contribution in [0.5, 0.6) is 0 Å². The maximum Gasteiger partial charge on any atom is 0.292 e. The first-order valence-electron chi connectivity index (χ1n) is 21.9. The number of aryl methyl sites for hydroxylation is 1. The third-order valence-corrected chi connectivity index (χ3v) is 12.1. The van der Waals surface area contributed by atoms with Crippen LogP contribution in [0.2, 0.25) is 0 Å². The van der Waals surface area contributed by atoms with Crippen molar-refractivity contribution in [2.75, 3.05) is 0 Å². The van der Waals surface area contributed by atoms with Crippen LogP contribution in [0.4, 0.5) is 4.39 Å². The van der Waals surface area contributed by atoms with Crippen LogP contribution >= 0.6 is 0 Å². The van der Waals surface area contributed by atoms with Crippen LogP contribution in [-0.4, -0.2) is 30.6 Å². The number of nitrogens with zero attached hydrogens (tertiary/aromatic N) is 4. The number of carboxylic acids is 1. The van der Waals surface area contributed by atoms with Crippen molar-refractivity contribution in [3.63, 3.8) is 0 Å². The van der Waals surface area contributed by atoms with Gasteiger partial charge in [0.05, 0.1) is 11.4 Å². The molecular weight excluding hydrogens is 1000 g/mol. The first kappa shape index (κ1) is 45.8. The number of pyridine rings is 2. The van der Waals surface area contributed by atoms with Crippen LogP contribution in [0.1, 0.15) is 92.9 Å². The fourth-order valence-electron chi connectivity index (χ4n) is 8.56. The largest absolute Gasteiger partial charge is 0.501 e. The average Bonchev–Trinajstić information content (AvgIpc) is 3.87. The van der Waals surface area contributed by atoms with E-state index in [4.69, 9.17) is 19.5 Å². The molecule has 0 atom stereocenters. The van der Waals surface area contributed by atoms with Gasteiger partial charge in [0.2, 0.25) is 0 Å².